The summed E-state index contributed by atoms with van der Waals surface area (Å²) in [5.41, 5.74) is 0.350. The normalized spacial score (nSPS) is 12.3. The maximum atomic E-state index is 5.33. The number of rotatable bonds is 2. The van der Waals surface area contributed by atoms with Gasteiger partial charge >= 0.3 is 0 Å². The Morgan fingerprint density at radius 1 is 1.33 bits per heavy atom. The summed E-state index contributed by atoms with van der Waals surface area (Å²) in [6.07, 6.45) is 3.52. The number of aromatic nitrogens is 4. The average Bonchev–Trinajstić information content (AvgIpc) is 2.60. The van der Waals surface area contributed by atoms with Crippen molar-refractivity contribution in [2.45, 2.75) is 19.4 Å². The Morgan fingerprint density at radius 3 is 2.73 bits per heavy atom. The quantitative estimate of drug-likeness (QED) is 0.742. The van der Waals surface area contributed by atoms with Crippen LogP contribution in [0.25, 0.3) is 11.0 Å². The van der Waals surface area contributed by atoms with Gasteiger partial charge in [-0.15, -0.1) is 0 Å². The molecule has 0 aliphatic heterocycles. The molecule has 0 aliphatic carbocycles. The highest BCUT2D eigenvalue weighted by Crippen LogP contribution is 2.21. The van der Waals surface area contributed by atoms with Crippen LogP contribution in [0.3, 0.4) is 0 Å². The van der Waals surface area contributed by atoms with E-state index >= 15 is 0 Å². The monoisotopic (exact) mass is 206 g/mol. The van der Waals surface area contributed by atoms with Gasteiger partial charge in [-0.05, 0) is 13.8 Å². The molecule has 0 fully saturated rings. The number of ether oxygens (including phenoxy) is 1. The summed E-state index contributed by atoms with van der Waals surface area (Å²) in [6.45, 7) is 3.87. The van der Waals surface area contributed by atoms with Gasteiger partial charge in [-0.3, -0.25) is 4.68 Å². The maximum Gasteiger partial charge on any atom is 0.162 e. The van der Waals surface area contributed by atoms with Gasteiger partial charge in [-0.2, -0.15) is 5.10 Å². The Kier molecular flexibility index (Phi) is 2.19. The van der Waals surface area contributed by atoms with E-state index in [9.17, 15) is 0 Å². The van der Waals surface area contributed by atoms with Gasteiger partial charge < -0.3 is 4.74 Å². The summed E-state index contributed by atoms with van der Waals surface area (Å²) in [6, 6.07) is 0. The van der Waals surface area contributed by atoms with Gasteiger partial charge in [0.05, 0.1) is 11.6 Å². The third kappa shape index (κ3) is 1.59. The summed E-state index contributed by atoms with van der Waals surface area (Å²) < 4.78 is 7.06. The van der Waals surface area contributed by atoms with Crippen LogP contribution in [-0.4, -0.2) is 26.9 Å². The van der Waals surface area contributed by atoms with Crippen molar-refractivity contribution >= 4 is 11.0 Å². The van der Waals surface area contributed by atoms with Crippen molar-refractivity contribution in [2.24, 2.45) is 7.05 Å². The van der Waals surface area contributed by atoms with Crippen molar-refractivity contribution in [2.75, 3.05) is 7.11 Å². The number of aryl methyl sites for hydroxylation is 1. The zero-order valence-corrected chi connectivity index (χ0v) is 9.35. The van der Waals surface area contributed by atoms with Crippen molar-refractivity contribution in [1.29, 1.82) is 0 Å². The first-order chi connectivity index (χ1) is 7.04. The van der Waals surface area contributed by atoms with Gasteiger partial charge in [-0.1, -0.05) is 0 Å². The highest BCUT2D eigenvalue weighted by molar-refractivity contribution is 5.73. The third-order valence-corrected chi connectivity index (χ3v) is 2.52. The Labute approximate surface area is 88.1 Å². The molecule has 2 rings (SSSR count). The minimum Gasteiger partial charge on any atom is -0.371 e. The summed E-state index contributed by atoms with van der Waals surface area (Å²) >= 11 is 0. The van der Waals surface area contributed by atoms with Gasteiger partial charge in [0.25, 0.3) is 0 Å². The van der Waals surface area contributed by atoms with Crippen molar-refractivity contribution in [3.8, 4) is 0 Å². The van der Waals surface area contributed by atoms with Crippen molar-refractivity contribution in [3.63, 3.8) is 0 Å². The van der Waals surface area contributed by atoms with Crippen molar-refractivity contribution in [1.82, 2.24) is 19.7 Å². The van der Waals surface area contributed by atoms with E-state index in [0.29, 0.717) is 5.82 Å². The summed E-state index contributed by atoms with van der Waals surface area (Å²) in [5, 5.41) is 5.06. The minimum atomic E-state index is -0.474. The molecule has 0 N–H and O–H groups in total. The van der Waals surface area contributed by atoms with Crippen LogP contribution in [0.5, 0.6) is 0 Å². The van der Waals surface area contributed by atoms with E-state index in [4.69, 9.17) is 4.74 Å². The minimum absolute atomic E-state index is 0.474. The Morgan fingerprint density at radius 2 is 2.07 bits per heavy atom. The highest BCUT2D eigenvalue weighted by atomic mass is 16.5. The molecule has 0 aliphatic rings. The molecule has 2 heterocycles. The second-order valence-corrected chi connectivity index (χ2v) is 3.96. The lowest BCUT2D eigenvalue weighted by Gasteiger charge is -2.20. The van der Waals surface area contributed by atoms with Gasteiger partial charge in [-0.25, -0.2) is 9.97 Å². The predicted molar refractivity (Wildman–Crippen MR) is 56.3 cm³/mol. The van der Waals surface area contributed by atoms with Crippen LogP contribution in [0.1, 0.15) is 19.7 Å². The molecular weight excluding hydrogens is 192 g/mol. The number of nitrogens with zero attached hydrogens (tertiary/aromatic N) is 4. The fraction of sp³-hybridized carbons (Fsp3) is 0.500. The molecule has 0 amide bonds. The van der Waals surface area contributed by atoms with Crippen LogP contribution in [0.4, 0.5) is 0 Å². The van der Waals surface area contributed by atoms with E-state index in [-0.39, 0.29) is 0 Å². The first-order valence-electron chi connectivity index (χ1n) is 4.75. The molecule has 2 aromatic heterocycles. The zero-order chi connectivity index (χ0) is 11.1. The van der Waals surface area contributed by atoms with E-state index < -0.39 is 5.60 Å². The lowest BCUT2D eigenvalue weighted by molar-refractivity contribution is 0.0117. The van der Waals surface area contributed by atoms with Gasteiger partial charge in [0, 0.05) is 20.4 Å². The van der Waals surface area contributed by atoms with Gasteiger partial charge in [0.15, 0.2) is 11.5 Å². The first-order valence-corrected chi connectivity index (χ1v) is 4.75. The molecule has 0 saturated carbocycles. The van der Waals surface area contributed by atoms with E-state index in [2.05, 4.69) is 15.1 Å². The molecule has 0 unspecified atom stereocenters. The number of fused-ring (bicyclic) bond motifs is 1. The molecule has 0 aromatic carbocycles. The third-order valence-electron chi connectivity index (χ3n) is 2.52. The molecule has 5 nitrogen and oxygen atoms in total. The molecular formula is C10H14N4O. The Bertz CT molecular complexity index is 489. The second kappa shape index (κ2) is 3.27. The largest absolute Gasteiger partial charge is 0.371 e. The topological polar surface area (TPSA) is 52.8 Å². The molecule has 15 heavy (non-hydrogen) atoms. The molecule has 0 atom stereocenters. The van der Waals surface area contributed by atoms with E-state index in [1.807, 2.05) is 20.9 Å². The molecule has 2 aromatic rings. The molecule has 5 heteroatoms. The number of methoxy groups -OCH3 is 1. The standard InChI is InChI=1S/C10H14N4O/c1-10(2,15-4)9-11-5-7-6-12-14(3)8(7)13-9/h5-6H,1-4H3. The molecule has 0 radical (unpaired) electrons. The predicted octanol–water partition coefficient (Wildman–Crippen LogP) is 1.24. The van der Waals surface area contributed by atoms with Crippen LogP contribution in [-0.2, 0) is 17.4 Å². The highest BCUT2D eigenvalue weighted by Gasteiger charge is 2.23. The van der Waals surface area contributed by atoms with Gasteiger partial charge in [0.2, 0.25) is 0 Å². The van der Waals surface area contributed by atoms with E-state index in [1.165, 1.54) is 0 Å². The summed E-state index contributed by atoms with van der Waals surface area (Å²) in [7, 11) is 3.51. The maximum absolute atomic E-state index is 5.33. The van der Waals surface area contributed by atoms with Crippen LogP contribution in [0.2, 0.25) is 0 Å². The Hall–Kier alpha value is -1.49. The van der Waals surface area contributed by atoms with Crippen molar-refractivity contribution < 1.29 is 4.74 Å². The fourth-order valence-corrected chi connectivity index (χ4v) is 1.32. The SMILES string of the molecule is COC(C)(C)c1ncc2cnn(C)c2n1. The Balaban J connectivity index is 2.59. The van der Waals surface area contributed by atoms with Crippen LogP contribution < -0.4 is 0 Å². The van der Waals surface area contributed by atoms with Crippen molar-refractivity contribution in [3.05, 3.63) is 18.2 Å². The van der Waals surface area contributed by atoms with E-state index in [1.54, 1.807) is 24.2 Å². The van der Waals surface area contributed by atoms with E-state index in [0.717, 1.165) is 11.0 Å². The lowest BCUT2D eigenvalue weighted by Crippen LogP contribution is -2.23. The number of hydrogen-bond acceptors (Lipinski definition) is 4. The summed E-state index contributed by atoms with van der Waals surface area (Å²) in [4.78, 5) is 8.71. The van der Waals surface area contributed by atoms with Gasteiger partial charge in [0.1, 0.15) is 5.60 Å². The lowest BCUT2D eigenvalue weighted by atomic mass is 10.1. The van der Waals surface area contributed by atoms with Crippen LogP contribution in [0.15, 0.2) is 12.4 Å². The molecule has 0 saturated heterocycles. The average molecular weight is 206 g/mol. The molecule has 0 spiro atoms. The summed E-state index contributed by atoms with van der Waals surface area (Å²) in [5.74, 6) is 0.668. The van der Waals surface area contributed by atoms with Crippen LogP contribution >= 0.6 is 0 Å². The molecule has 0 bridgehead atoms. The fourth-order valence-electron chi connectivity index (χ4n) is 1.32. The first kappa shape index (κ1) is 10.0. The molecule has 80 valence electrons. The van der Waals surface area contributed by atoms with Crippen LogP contribution in [0, 0.1) is 0 Å². The second-order valence-electron chi connectivity index (χ2n) is 3.96. The zero-order valence-electron chi connectivity index (χ0n) is 9.35. The number of hydrogen-bond donors (Lipinski definition) is 0. The smallest absolute Gasteiger partial charge is 0.162 e.